The molecule has 2 saturated carbocycles. The van der Waals surface area contributed by atoms with Crippen molar-refractivity contribution in [2.45, 2.75) is 96.2 Å². The molecule has 2 aromatic rings. The van der Waals surface area contributed by atoms with Crippen molar-refractivity contribution in [3.05, 3.63) is 35.4 Å². The summed E-state index contributed by atoms with van der Waals surface area (Å²) in [6, 6.07) is 7.31. The number of carbonyl (C=O) groups excluding carboxylic acids is 2. The third-order valence-corrected chi connectivity index (χ3v) is 11.2. The fraction of sp³-hybridized carbons (Fsp3) is 0.595. The summed E-state index contributed by atoms with van der Waals surface area (Å²) >= 11 is 0. The number of nitrogens with zero attached hydrogens (tertiary/aromatic N) is 2. The summed E-state index contributed by atoms with van der Waals surface area (Å²) < 4.78 is 23.5. The number of nitrogens with one attached hydrogen (secondary N) is 2. The van der Waals surface area contributed by atoms with Crippen molar-refractivity contribution in [3.63, 3.8) is 0 Å². The molecule has 3 aliphatic heterocycles. The van der Waals surface area contributed by atoms with E-state index in [1.807, 2.05) is 18.3 Å². The Morgan fingerprint density at radius 1 is 0.851 bits per heavy atom. The smallest absolute Gasteiger partial charge is 0.256 e. The lowest BCUT2D eigenvalue weighted by Crippen LogP contribution is -2.52. The molecule has 10 heteroatoms. The number of methoxy groups -OCH3 is 2. The van der Waals surface area contributed by atoms with Crippen LogP contribution in [0.5, 0.6) is 23.0 Å². The molecule has 7 rings (SSSR count). The highest BCUT2D eigenvalue weighted by molar-refractivity contribution is 6.03. The van der Waals surface area contributed by atoms with E-state index < -0.39 is 0 Å². The van der Waals surface area contributed by atoms with Gasteiger partial charge in [0.25, 0.3) is 11.8 Å². The van der Waals surface area contributed by atoms with Crippen LogP contribution in [0.3, 0.4) is 0 Å². The Hall–Kier alpha value is -3.95. The first-order valence-electron chi connectivity index (χ1n) is 17.2. The molecule has 1 spiro atoms. The molecule has 5 aliphatic rings. The van der Waals surface area contributed by atoms with Crippen LogP contribution in [0, 0.1) is 10.8 Å². The summed E-state index contributed by atoms with van der Waals surface area (Å²) in [4.78, 5) is 33.5. The number of anilines is 1. The summed E-state index contributed by atoms with van der Waals surface area (Å²) in [7, 11) is 3.19. The van der Waals surface area contributed by atoms with Gasteiger partial charge in [-0.1, -0.05) is 6.92 Å². The summed E-state index contributed by atoms with van der Waals surface area (Å²) in [5.41, 5.74) is 2.93. The van der Waals surface area contributed by atoms with Crippen LogP contribution < -0.4 is 29.6 Å². The number of aliphatic imine (C=N–C) groups is 1. The van der Waals surface area contributed by atoms with Crippen LogP contribution in [0.1, 0.15) is 99.3 Å². The van der Waals surface area contributed by atoms with E-state index in [-0.39, 0.29) is 29.4 Å². The molecule has 2 amide bonds. The van der Waals surface area contributed by atoms with Crippen molar-refractivity contribution >= 4 is 29.4 Å². The van der Waals surface area contributed by atoms with Crippen LogP contribution in [0.15, 0.2) is 29.3 Å². The molecule has 3 heterocycles. The van der Waals surface area contributed by atoms with Crippen molar-refractivity contribution in [1.82, 2.24) is 10.2 Å². The second-order valence-corrected chi connectivity index (χ2v) is 15.0. The van der Waals surface area contributed by atoms with Gasteiger partial charge < -0.3 is 34.5 Å². The Kier molecular flexibility index (Phi) is 8.03. The van der Waals surface area contributed by atoms with Crippen molar-refractivity contribution in [1.29, 1.82) is 0 Å². The Labute approximate surface area is 277 Å². The first-order chi connectivity index (χ1) is 22.6. The van der Waals surface area contributed by atoms with Gasteiger partial charge in [-0.25, -0.2) is 0 Å². The molecule has 0 aromatic heterocycles. The summed E-state index contributed by atoms with van der Waals surface area (Å²) in [6.45, 7) is 8.50. The minimum Gasteiger partial charge on any atom is -0.493 e. The van der Waals surface area contributed by atoms with E-state index in [2.05, 4.69) is 41.3 Å². The normalized spacial score (nSPS) is 25.9. The highest BCUT2D eigenvalue weighted by Crippen LogP contribution is 2.60. The van der Waals surface area contributed by atoms with Gasteiger partial charge >= 0.3 is 0 Å². The van der Waals surface area contributed by atoms with Gasteiger partial charge in [-0.2, -0.15) is 0 Å². The molecule has 47 heavy (non-hydrogen) atoms. The average Bonchev–Trinajstić information content (AvgIpc) is 3.97. The fourth-order valence-electron chi connectivity index (χ4n) is 7.65. The molecule has 3 atom stereocenters. The van der Waals surface area contributed by atoms with Gasteiger partial charge in [0.05, 0.1) is 61.5 Å². The number of rotatable bonds is 12. The van der Waals surface area contributed by atoms with Crippen molar-refractivity contribution < 1.29 is 28.5 Å². The maximum atomic E-state index is 13.8. The summed E-state index contributed by atoms with van der Waals surface area (Å²) in [5, 5.41) is 6.75. The van der Waals surface area contributed by atoms with E-state index in [9.17, 15) is 9.59 Å². The molecule has 2 N–H and O–H groups in total. The van der Waals surface area contributed by atoms with Gasteiger partial charge in [0, 0.05) is 30.9 Å². The van der Waals surface area contributed by atoms with E-state index >= 15 is 0 Å². The SMILES string of the molecule is COc1cc2c(cc1OCCCCCOc1cc3c(cc1OC)C(=O)N1CC4(CC4)CC1(C)C(C)N3)N=CC(CC1(C)CC1)NC2=O. The van der Waals surface area contributed by atoms with Crippen LogP contribution >= 0.6 is 0 Å². The minimum atomic E-state index is -0.218. The van der Waals surface area contributed by atoms with E-state index in [1.54, 1.807) is 26.4 Å². The number of amides is 2. The maximum absolute atomic E-state index is 13.8. The van der Waals surface area contributed by atoms with Crippen molar-refractivity contribution in [3.8, 4) is 23.0 Å². The number of unbranched alkanes of at least 4 members (excludes halogenated alkanes) is 2. The van der Waals surface area contributed by atoms with Gasteiger partial charge in [-0.05, 0) is 94.6 Å². The molecule has 0 bridgehead atoms. The second-order valence-electron chi connectivity index (χ2n) is 15.0. The maximum Gasteiger partial charge on any atom is 0.256 e. The first kappa shape index (κ1) is 31.6. The van der Waals surface area contributed by atoms with Crippen LogP contribution in [0.2, 0.25) is 0 Å². The van der Waals surface area contributed by atoms with Crippen LogP contribution in [-0.2, 0) is 0 Å². The van der Waals surface area contributed by atoms with E-state index in [1.165, 1.54) is 25.7 Å². The van der Waals surface area contributed by atoms with Gasteiger partial charge in [0.15, 0.2) is 23.0 Å². The van der Waals surface area contributed by atoms with Crippen LogP contribution in [0.25, 0.3) is 0 Å². The predicted molar refractivity (Wildman–Crippen MR) is 181 cm³/mol. The number of hydrogen-bond acceptors (Lipinski definition) is 8. The predicted octanol–water partition coefficient (Wildman–Crippen LogP) is 6.54. The molecule has 3 fully saturated rings. The first-order valence-corrected chi connectivity index (χ1v) is 17.2. The number of hydrogen-bond donors (Lipinski definition) is 2. The monoisotopic (exact) mass is 644 g/mol. The number of ether oxygens (including phenoxy) is 4. The Morgan fingerprint density at radius 3 is 2.15 bits per heavy atom. The molecular formula is C37H48N4O6. The van der Waals surface area contributed by atoms with Crippen LogP contribution in [-0.4, -0.2) is 74.5 Å². The zero-order valence-electron chi connectivity index (χ0n) is 28.4. The summed E-state index contributed by atoms with van der Waals surface area (Å²) in [6.07, 6.45) is 11.1. The van der Waals surface area contributed by atoms with Gasteiger partial charge in [0.2, 0.25) is 0 Å². The average molecular weight is 645 g/mol. The molecule has 0 radical (unpaired) electrons. The Morgan fingerprint density at radius 2 is 1.51 bits per heavy atom. The molecule has 3 unspecified atom stereocenters. The molecule has 1 saturated heterocycles. The van der Waals surface area contributed by atoms with Crippen LogP contribution in [0.4, 0.5) is 11.4 Å². The van der Waals surface area contributed by atoms with Gasteiger partial charge in [-0.3, -0.25) is 14.6 Å². The molecular weight excluding hydrogens is 596 g/mol. The molecule has 2 aliphatic carbocycles. The van der Waals surface area contributed by atoms with Gasteiger partial charge in [0.1, 0.15) is 0 Å². The highest BCUT2D eigenvalue weighted by atomic mass is 16.5. The lowest BCUT2D eigenvalue weighted by atomic mass is 9.86. The zero-order chi connectivity index (χ0) is 33.0. The quantitative estimate of drug-likeness (QED) is 0.253. The Balaban J connectivity index is 0.926. The standard InChI is InChI=1S/C37H48N4O6/c1-23-36(3)21-37(11-12-37)22-41(36)34(43)26-16-30(45-5)32(18-28(26)39-23)47-14-8-6-7-13-46-31-17-27-25(15-29(31)44-4)33(42)40-24(20-38-27)19-35(2)9-10-35/h15-18,20,23-24,39H,6-14,19,21-22H2,1-5H3,(H,40,42). The largest absolute Gasteiger partial charge is 0.493 e. The minimum absolute atomic E-state index is 0.0707. The summed E-state index contributed by atoms with van der Waals surface area (Å²) in [5.74, 6) is 2.23. The number of benzene rings is 2. The van der Waals surface area contributed by atoms with Crippen molar-refractivity contribution in [2.24, 2.45) is 15.8 Å². The lowest BCUT2D eigenvalue weighted by Gasteiger charge is -2.38. The second kappa shape index (κ2) is 11.9. The van der Waals surface area contributed by atoms with Crippen molar-refractivity contribution in [2.75, 3.05) is 39.3 Å². The molecule has 252 valence electrons. The van der Waals surface area contributed by atoms with E-state index in [0.717, 1.165) is 44.3 Å². The molecule has 10 nitrogen and oxygen atoms in total. The zero-order valence-corrected chi connectivity index (χ0v) is 28.4. The number of fused-ring (bicyclic) bond motifs is 3. The number of carbonyl (C=O) groups is 2. The third kappa shape index (κ3) is 6.11. The van der Waals surface area contributed by atoms with Gasteiger partial charge in [-0.15, -0.1) is 0 Å². The fourth-order valence-corrected chi connectivity index (χ4v) is 7.65. The highest BCUT2D eigenvalue weighted by Gasteiger charge is 2.61. The van der Waals surface area contributed by atoms with E-state index in [0.29, 0.717) is 63.9 Å². The topological polar surface area (TPSA) is 111 Å². The van der Waals surface area contributed by atoms with E-state index in [4.69, 9.17) is 18.9 Å². The third-order valence-electron chi connectivity index (χ3n) is 11.2. The molecule has 2 aromatic carbocycles. The Bertz CT molecular complexity index is 1600. The lowest BCUT2D eigenvalue weighted by molar-refractivity contribution is 0.0609.